The maximum Gasteiger partial charge on any atom is 0.411 e. The van der Waals surface area contributed by atoms with Gasteiger partial charge in [-0.05, 0) is 29.7 Å². The van der Waals surface area contributed by atoms with E-state index in [1.807, 2.05) is 49.4 Å². The van der Waals surface area contributed by atoms with Crippen LogP contribution in [0.25, 0.3) is 11.1 Å². The molecule has 0 aliphatic carbocycles. The number of alkyl halides is 3. The first kappa shape index (κ1) is 19.0. The topological polar surface area (TPSA) is 38.3 Å². The van der Waals surface area contributed by atoms with Gasteiger partial charge < -0.3 is 10.1 Å². The zero-order valence-electron chi connectivity index (χ0n) is 13.9. The van der Waals surface area contributed by atoms with Crippen molar-refractivity contribution in [1.82, 2.24) is 5.32 Å². The van der Waals surface area contributed by atoms with Crippen molar-refractivity contribution >= 4 is 5.91 Å². The molecule has 0 aromatic heterocycles. The molecule has 0 aliphatic rings. The van der Waals surface area contributed by atoms with E-state index >= 15 is 0 Å². The number of benzene rings is 2. The Labute approximate surface area is 144 Å². The number of hydrogen-bond acceptors (Lipinski definition) is 2. The van der Waals surface area contributed by atoms with Crippen LogP contribution in [0.1, 0.15) is 17.5 Å². The summed E-state index contributed by atoms with van der Waals surface area (Å²) >= 11 is 0. The molecule has 0 aliphatic heterocycles. The molecule has 2 rings (SSSR count). The second-order valence-electron chi connectivity index (χ2n) is 5.76. The van der Waals surface area contributed by atoms with Gasteiger partial charge in [0.2, 0.25) is 5.91 Å². The average Bonchev–Trinajstić information content (AvgIpc) is 2.56. The predicted molar refractivity (Wildman–Crippen MR) is 90.0 cm³/mol. The number of amides is 1. The highest BCUT2D eigenvalue weighted by atomic mass is 19.4. The number of aryl methyl sites for hydroxylation is 1. The fraction of sp³-hybridized carbons (Fsp3) is 0.316. The fourth-order valence-electron chi connectivity index (χ4n) is 2.33. The summed E-state index contributed by atoms with van der Waals surface area (Å²) in [4.78, 5) is 11.7. The lowest BCUT2D eigenvalue weighted by molar-refractivity contribution is -0.174. The number of carbonyl (C=O) groups is 1. The van der Waals surface area contributed by atoms with E-state index in [2.05, 4.69) is 16.1 Å². The second kappa shape index (κ2) is 8.67. The van der Waals surface area contributed by atoms with Crippen LogP contribution in [0, 0.1) is 6.92 Å². The van der Waals surface area contributed by atoms with E-state index in [4.69, 9.17) is 0 Å². The molecular formula is C19H20F3NO2. The first-order valence-corrected chi connectivity index (χ1v) is 7.91. The standard InChI is InChI=1S/C19H20F3NO2/c1-14-4-2-6-16(10-14)17-7-3-5-15(11-17)12-23-18(24)8-9-25-13-19(20,21)22/h2-7,10-11H,8-9,12-13H2,1H3,(H,23,24). The summed E-state index contributed by atoms with van der Waals surface area (Å²) in [7, 11) is 0. The van der Waals surface area contributed by atoms with Crippen LogP contribution in [0.4, 0.5) is 13.2 Å². The Balaban J connectivity index is 1.83. The molecule has 2 aromatic carbocycles. The van der Waals surface area contributed by atoms with Crippen molar-refractivity contribution < 1.29 is 22.7 Å². The summed E-state index contributed by atoms with van der Waals surface area (Å²) in [6.07, 6.45) is -4.47. The third kappa shape index (κ3) is 6.97. The number of ether oxygens (including phenoxy) is 1. The Morgan fingerprint density at radius 3 is 2.44 bits per heavy atom. The summed E-state index contributed by atoms with van der Waals surface area (Å²) in [6.45, 7) is 0.750. The Hall–Kier alpha value is -2.34. The van der Waals surface area contributed by atoms with Gasteiger partial charge in [0.25, 0.3) is 0 Å². The summed E-state index contributed by atoms with van der Waals surface area (Å²) in [5, 5.41) is 2.69. The van der Waals surface area contributed by atoms with Gasteiger partial charge in [0.1, 0.15) is 6.61 Å². The van der Waals surface area contributed by atoms with Crippen LogP contribution < -0.4 is 5.32 Å². The highest BCUT2D eigenvalue weighted by Gasteiger charge is 2.27. The lowest BCUT2D eigenvalue weighted by Crippen LogP contribution is -2.25. The van der Waals surface area contributed by atoms with Gasteiger partial charge in [-0.1, -0.05) is 48.0 Å². The molecule has 0 saturated heterocycles. The van der Waals surface area contributed by atoms with Gasteiger partial charge in [-0.3, -0.25) is 4.79 Å². The normalized spacial score (nSPS) is 11.4. The van der Waals surface area contributed by atoms with Crippen molar-refractivity contribution in [1.29, 1.82) is 0 Å². The Kier molecular flexibility index (Phi) is 6.58. The smallest absolute Gasteiger partial charge is 0.372 e. The van der Waals surface area contributed by atoms with Crippen molar-refractivity contribution in [2.45, 2.75) is 26.1 Å². The van der Waals surface area contributed by atoms with Gasteiger partial charge in [0, 0.05) is 13.0 Å². The molecule has 1 amide bonds. The summed E-state index contributed by atoms with van der Waals surface area (Å²) in [5.41, 5.74) is 4.22. The molecule has 0 fully saturated rings. The molecule has 0 bridgehead atoms. The van der Waals surface area contributed by atoms with Gasteiger partial charge in [0.05, 0.1) is 6.61 Å². The highest BCUT2D eigenvalue weighted by Crippen LogP contribution is 2.21. The summed E-state index contributed by atoms with van der Waals surface area (Å²) in [5.74, 6) is -0.344. The Bertz CT molecular complexity index is 714. The number of rotatable bonds is 7. The first-order chi connectivity index (χ1) is 11.8. The molecule has 1 N–H and O–H groups in total. The van der Waals surface area contributed by atoms with E-state index in [1.54, 1.807) is 0 Å². The molecule has 0 saturated carbocycles. The first-order valence-electron chi connectivity index (χ1n) is 7.91. The highest BCUT2D eigenvalue weighted by molar-refractivity contribution is 5.76. The molecule has 0 radical (unpaired) electrons. The van der Waals surface area contributed by atoms with Crippen LogP contribution in [-0.4, -0.2) is 25.3 Å². The molecule has 0 spiro atoms. The van der Waals surface area contributed by atoms with Gasteiger partial charge in [-0.25, -0.2) is 0 Å². The SMILES string of the molecule is Cc1cccc(-c2cccc(CNC(=O)CCOCC(F)(F)F)c2)c1. The number of nitrogens with one attached hydrogen (secondary N) is 1. The van der Waals surface area contributed by atoms with Gasteiger partial charge in [-0.15, -0.1) is 0 Å². The van der Waals surface area contributed by atoms with Crippen LogP contribution in [0.5, 0.6) is 0 Å². The molecule has 25 heavy (non-hydrogen) atoms. The molecule has 0 unspecified atom stereocenters. The predicted octanol–water partition coefficient (Wildman–Crippen LogP) is 4.25. The van der Waals surface area contributed by atoms with Crippen molar-refractivity contribution in [2.24, 2.45) is 0 Å². The van der Waals surface area contributed by atoms with Crippen molar-refractivity contribution in [3.63, 3.8) is 0 Å². The van der Waals surface area contributed by atoms with Gasteiger partial charge in [-0.2, -0.15) is 13.2 Å². The monoisotopic (exact) mass is 351 g/mol. The van der Waals surface area contributed by atoms with Crippen molar-refractivity contribution in [2.75, 3.05) is 13.2 Å². The molecule has 6 heteroatoms. The van der Waals surface area contributed by atoms with E-state index in [0.29, 0.717) is 6.54 Å². The molecular weight excluding hydrogens is 331 g/mol. The molecule has 134 valence electrons. The summed E-state index contributed by atoms with van der Waals surface area (Å²) < 4.78 is 40.2. The lowest BCUT2D eigenvalue weighted by Gasteiger charge is -2.09. The number of halogens is 3. The van der Waals surface area contributed by atoms with E-state index in [-0.39, 0.29) is 18.9 Å². The fourth-order valence-corrected chi connectivity index (χ4v) is 2.33. The van der Waals surface area contributed by atoms with Crippen molar-refractivity contribution in [3.05, 3.63) is 59.7 Å². The van der Waals surface area contributed by atoms with Crippen molar-refractivity contribution in [3.8, 4) is 11.1 Å². The average molecular weight is 351 g/mol. The lowest BCUT2D eigenvalue weighted by atomic mass is 10.0. The molecule has 3 nitrogen and oxygen atoms in total. The molecule has 2 aromatic rings. The van der Waals surface area contributed by atoms with Crippen LogP contribution in [-0.2, 0) is 16.1 Å². The second-order valence-corrected chi connectivity index (χ2v) is 5.76. The Morgan fingerprint density at radius 1 is 1.08 bits per heavy atom. The molecule has 0 atom stereocenters. The third-order valence-corrected chi connectivity index (χ3v) is 3.51. The minimum absolute atomic E-state index is 0.104. The van der Waals surface area contributed by atoms with Crippen LogP contribution >= 0.6 is 0 Å². The third-order valence-electron chi connectivity index (χ3n) is 3.51. The van der Waals surface area contributed by atoms with Gasteiger partial charge in [0.15, 0.2) is 0 Å². The zero-order valence-corrected chi connectivity index (χ0v) is 13.9. The Morgan fingerprint density at radius 2 is 1.76 bits per heavy atom. The quantitative estimate of drug-likeness (QED) is 0.758. The molecule has 0 heterocycles. The van der Waals surface area contributed by atoms with E-state index in [0.717, 1.165) is 22.3 Å². The summed E-state index contributed by atoms with van der Waals surface area (Å²) in [6, 6.07) is 15.9. The van der Waals surface area contributed by atoms with E-state index in [1.165, 1.54) is 0 Å². The van der Waals surface area contributed by atoms with Crippen LogP contribution in [0.2, 0.25) is 0 Å². The maximum absolute atomic E-state index is 11.9. The van der Waals surface area contributed by atoms with Crippen LogP contribution in [0.3, 0.4) is 0 Å². The largest absolute Gasteiger partial charge is 0.411 e. The maximum atomic E-state index is 11.9. The number of carbonyl (C=O) groups excluding carboxylic acids is 1. The van der Waals surface area contributed by atoms with Crippen LogP contribution in [0.15, 0.2) is 48.5 Å². The number of hydrogen-bond donors (Lipinski definition) is 1. The van der Waals surface area contributed by atoms with E-state index < -0.39 is 12.8 Å². The minimum Gasteiger partial charge on any atom is -0.372 e. The minimum atomic E-state index is -4.37. The zero-order chi connectivity index (χ0) is 18.3. The van der Waals surface area contributed by atoms with E-state index in [9.17, 15) is 18.0 Å². The van der Waals surface area contributed by atoms with Gasteiger partial charge >= 0.3 is 6.18 Å².